The highest BCUT2D eigenvalue weighted by Gasteiger charge is 2.11. The molecule has 1 aliphatic heterocycles. The molecular formula is C5H9NO2. The van der Waals surface area contributed by atoms with E-state index in [0.29, 0.717) is 0 Å². The lowest BCUT2D eigenvalue weighted by molar-refractivity contribution is 0.158. The summed E-state index contributed by atoms with van der Waals surface area (Å²) in [6, 6.07) is 0. The van der Waals surface area contributed by atoms with E-state index in [9.17, 15) is 0 Å². The van der Waals surface area contributed by atoms with Crippen LogP contribution in [-0.4, -0.2) is 24.1 Å². The van der Waals surface area contributed by atoms with E-state index in [-0.39, 0.29) is 6.10 Å². The van der Waals surface area contributed by atoms with Gasteiger partial charge < -0.3 is 9.94 Å². The lowest BCUT2D eigenvalue weighted by Gasteiger charge is -1.96. The Kier molecular flexibility index (Phi) is 1.86. The first kappa shape index (κ1) is 5.56. The van der Waals surface area contributed by atoms with Crippen molar-refractivity contribution < 1.29 is 9.94 Å². The Hall–Kier alpha value is -0.570. The molecule has 1 saturated heterocycles. The van der Waals surface area contributed by atoms with Crippen LogP contribution < -0.4 is 0 Å². The fraction of sp³-hybridized carbons (Fsp3) is 0.800. The summed E-state index contributed by atoms with van der Waals surface area (Å²) in [5, 5.41) is 10.9. The van der Waals surface area contributed by atoms with Crippen molar-refractivity contribution in [3.63, 3.8) is 0 Å². The molecule has 1 rings (SSSR count). The van der Waals surface area contributed by atoms with Gasteiger partial charge in [-0.05, 0) is 12.8 Å². The minimum Gasteiger partial charge on any atom is -0.411 e. The fourth-order valence-corrected chi connectivity index (χ4v) is 0.794. The van der Waals surface area contributed by atoms with Crippen LogP contribution in [0.15, 0.2) is 5.16 Å². The zero-order valence-corrected chi connectivity index (χ0v) is 4.58. The number of hydrogen-bond donors (Lipinski definition) is 1. The Bertz CT molecular complexity index is 86.4. The smallest absolute Gasteiger partial charge is 0.0960 e. The molecule has 1 fully saturated rings. The number of hydrogen-bond acceptors (Lipinski definition) is 3. The summed E-state index contributed by atoms with van der Waals surface area (Å²) in [6.07, 6.45) is 3.56. The zero-order valence-electron chi connectivity index (χ0n) is 4.58. The molecule has 3 nitrogen and oxygen atoms in total. The lowest BCUT2D eigenvalue weighted by atomic mass is 10.3. The van der Waals surface area contributed by atoms with E-state index in [1.165, 1.54) is 6.21 Å². The number of ether oxygens (including phenoxy) is 1. The average molecular weight is 115 g/mol. The molecule has 1 N–H and O–H groups in total. The van der Waals surface area contributed by atoms with E-state index in [1.807, 2.05) is 0 Å². The third kappa shape index (κ3) is 1.20. The van der Waals surface area contributed by atoms with Crippen molar-refractivity contribution in [2.24, 2.45) is 5.16 Å². The standard InChI is InChI=1S/C5H9NO2/c7-6-4-5-2-1-3-8-5/h4-5,7H,1-3H2/b6-4+/t5-/m1/s1. The van der Waals surface area contributed by atoms with Crippen LogP contribution in [-0.2, 0) is 4.74 Å². The third-order valence-electron chi connectivity index (χ3n) is 1.20. The molecule has 0 aromatic rings. The molecule has 0 saturated carbocycles. The topological polar surface area (TPSA) is 41.8 Å². The maximum absolute atomic E-state index is 8.02. The second-order valence-corrected chi connectivity index (χ2v) is 1.82. The van der Waals surface area contributed by atoms with Gasteiger partial charge in [0.05, 0.1) is 12.3 Å². The van der Waals surface area contributed by atoms with E-state index in [2.05, 4.69) is 5.16 Å². The van der Waals surface area contributed by atoms with Crippen molar-refractivity contribution in [3.8, 4) is 0 Å². The van der Waals surface area contributed by atoms with Crippen molar-refractivity contribution >= 4 is 6.21 Å². The maximum Gasteiger partial charge on any atom is 0.0960 e. The summed E-state index contributed by atoms with van der Waals surface area (Å²) in [4.78, 5) is 0. The van der Waals surface area contributed by atoms with Gasteiger partial charge in [-0.15, -0.1) is 0 Å². The van der Waals surface area contributed by atoms with Gasteiger partial charge in [-0.3, -0.25) is 0 Å². The summed E-state index contributed by atoms with van der Waals surface area (Å²) >= 11 is 0. The minimum absolute atomic E-state index is 0.0694. The Morgan fingerprint density at radius 1 is 1.75 bits per heavy atom. The molecule has 1 heterocycles. The Labute approximate surface area is 48.0 Å². The van der Waals surface area contributed by atoms with Crippen LogP contribution in [0, 0.1) is 0 Å². The van der Waals surface area contributed by atoms with Crippen molar-refractivity contribution in [2.75, 3.05) is 6.61 Å². The van der Waals surface area contributed by atoms with E-state index in [1.54, 1.807) is 0 Å². The number of nitrogens with zero attached hydrogens (tertiary/aromatic N) is 1. The van der Waals surface area contributed by atoms with Gasteiger partial charge in [0.15, 0.2) is 0 Å². The van der Waals surface area contributed by atoms with Gasteiger partial charge >= 0.3 is 0 Å². The van der Waals surface area contributed by atoms with Crippen molar-refractivity contribution in [2.45, 2.75) is 18.9 Å². The van der Waals surface area contributed by atoms with Crippen LogP contribution in [0.4, 0.5) is 0 Å². The highest BCUT2D eigenvalue weighted by atomic mass is 16.5. The minimum atomic E-state index is 0.0694. The number of oxime groups is 1. The molecule has 1 atom stereocenters. The molecular weight excluding hydrogens is 106 g/mol. The van der Waals surface area contributed by atoms with E-state index < -0.39 is 0 Å². The zero-order chi connectivity index (χ0) is 5.82. The van der Waals surface area contributed by atoms with E-state index in [4.69, 9.17) is 9.94 Å². The van der Waals surface area contributed by atoms with Gasteiger partial charge in [0, 0.05) is 6.61 Å². The molecule has 0 unspecified atom stereocenters. The van der Waals surface area contributed by atoms with Crippen LogP contribution >= 0.6 is 0 Å². The Balaban J connectivity index is 2.24. The largest absolute Gasteiger partial charge is 0.411 e. The second kappa shape index (κ2) is 2.67. The quantitative estimate of drug-likeness (QED) is 0.309. The van der Waals surface area contributed by atoms with Gasteiger partial charge in [-0.2, -0.15) is 0 Å². The summed E-state index contributed by atoms with van der Waals surface area (Å²) in [5.41, 5.74) is 0. The first-order chi connectivity index (χ1) is 3.93. The predicted octanol–water partition coefficient (Wildman–Crippen LogP) is 0.625. The molecule has 1 aliphatic rings. The van der Waals surface area contributed by atoms with Crippen LogP contribution in [0.3, 0.4) is 0 Å². The number of rotatable bonds is 1. The van der Waals surface area contributed by atoms with E-state index >= 15 is 0 Å². The normalized spacial score (nSPS) is 29.8. The molecule has 0 spiro atoms. The SMILES string of the molecule is O/N=C/[C@H]1CCCO1. The van der Waals surface area contributed by atoms with Gasteiger partial charge in [-0.1, -0.05) is 5.16 Å². The van der Waals surface area contributed by atoms with E-state index in [0.717, 1.165) is 19.4 Å². The fourth-order valence-electron chi connectivity index (χ4n) is 0.794. The predicted molar refractivity (Wildman–Crippen MR) is 29.3 cm³/mol. The summed E-state index contributed by atoms with van der Waals surface area (Å²) in [7, 11) is 0. The Morgan fingerprint density at radius 2 is 2.62 bits per heavy atom. The first-order valence-corrected chi connectivity index (χ1v) is 2.72. The monoisotopic (exact) mass is 115 g/mol. The van der Waals surface area contributed by atoms with Gasteiger partial charge in [-0.25, -0.2) is 0 Å². The molecule has 8 heavy (non-hydrogen) atoms. The van der Waals surface area contributed by atoms with Crippen LogP contribution in [0.2, 0.25) is 0 Å². The highest BCUT2D eigenvalue weighted by molar-refractivity contribution is 5.62. The Morgan fingerprint density at radius 3 is 3.12 bits per heavy atom. The second-order valence-electron chi connectivity index (χ2n) is 1.82. The first-order valence-electron chi connectivity index (χ1n) is 2.72. The molecule has 3 heteroatoms. The van der Waals surface area contributed by atoms with Gasteiger partial charge in [0.1, 0.15) is 0 Å². The van der Waals surface area contributed by atoms with Gasteiger partial charge in [0.25, 0.3) is 0 Å². The van der Waals surface area contributed by atoms with Crippen LogP contribution in [0.25, 0.3) is 0 Å². The van der Waals surface area contributed by atoms with Crippen molar-refractivity contribution in [3.05, 3.63) is 0 Å². The molecule has 0 radical (unpaired) electrons. The molecule has 46 valence electrons. The highest BCUT2D eigenvalue weighted by Crippen LogP contribution is 2.08. The maximum atomic E-state index is 8.02. The molecule has 0 amide bonds. The van der Waals surface area contributed by atoms with Gasteiger partial charge in [0.2, 0.25) is 0 Å². The molecule has 0 bridgehead atoms. The molecule has 0 aromatic carbocycles. The van der Waals surface area contributed by atoms with Crippen LogP contribution in [0.1, 0.15) is 12.8 Å². The van der Waals surface area contributed by atoms with Crippen molar-refractivity contribution in [1.29, 1.82) is 0 Å². The summed E-state index contributed by atoms with van der Waals surface area (Å²) in [6.45, 7) is 0.802. The third-order valence-corrected chi connectivity index (χ3v) is 1.20. The molecule has 0 aliphatic carbocycles. The average Bonchev–Trinajstić information content (AvgIpc) is 2.19. The van der Waals surface area contributed by atoms with Crippen molar-refractivity contribution in [1.82, 2.24) is 0 Å². The lowest BCUT2D eigenvalue weighted by Crippen LogP contribution is -2.05. The summed E-state index contributed by atoms with van der Waals surface area (Å²) in [5.74, 6) is 0. The molecule has 0 aromatic heterocycles. The summed E-state index contributed by atoms with van der Waals surface area (Å²) < 4.78 is 5.08. The van der Waals surface area contributed by atoms with Crippen LogP contribution in [0.5, 0.6) is 0 Å².